The number of aliphatic hydroxyl groups excluding tert-OH is 1. The van der Waals surface area contributed by atoms with Gasteiger partial charge in [-0.1, -0.05) is 12.1 Å². The van der Waals surface area contributed by atoms with Crippen LogP contribution < -0.4 is 4.74 Å². The second-order valence-corrected chi connectivity index (χ2v) is 5.26. The minimum atomic E-state index is 0.216. The molecule has 0 bridgehead atoms. The highest BCUT2D eigenvalue weighted by Crippen LogP contribution is 2.21. The summed E-state index contributed by atoms with van der Waals surface area (Å²) in [7, 11) is 0. The van der Waals surface area contributed by atoms with Crippen LogP contribution in [0.25, 0.3) is 0 Å². The Kier molecular flexibility index (Phi) is 4.61. The molecule has 2 rings (SSSR count). The van der Waals surface area contributed by atoms with Crippen molar-refractivity contribution >= 4 is 0 Å². The summed E-state index contributed by atoms with van der Waals surface area (Å²) in [6.45, 7) is 6.35. The Hall–Kier alpha value is -1.06. The van der Waals surface area contributed by atoms with Crippen molar-refractivity contribution in [3.63, 3.8) is 0 Å². The van der Waals surface area contributed by atoms with Crippen molar-refractivity contribution < 1.29 is 9.84 Å². The van der Waals surface area contributed by atoms with Crippen LogP contribution in [0, 0.1) is 0 Å². The summed E-state index contributed by atoms with van der Waals surface area (Å²) in [5.74, 6) is 0.925. The third-order valence-electron chi connectivity index (χ3n) is 3.39. The standard InChI is InChI=1S/C15H23NO2/c1-12(2)18-15-7-5-13(6-8-15)10-16-9-3-4-14(16)11-17/h5-8,12,14,17H,3-4,9-11H2,1-2H3/t14-/m0/s1. The lowest BCUT2D eigenvalue weighted by Crippen LogP contribution is -2.31. The van der Waals surface area contributed by atoms with Crippen LogP contribution in [0.5, 0.6) is 5.75 Å². The first kappa shape index (κ1) is 13.4. The van der Waals surface area contributed by atoms with E-state index in [1.165, 1.54) is 12.0 Å². The molecule has 0 saturated carbocycles. The first-order valence-electron chi connectivity index (χ1n) is 6.79. The largest absolute Gasteiger partial charge is 0.491 e. The molecule has 18 heavy (non-hydrogen) atoms. The third-order valence-corrected chi connectivity index (χ3v) is 3.39. The fraction of sp³-hybridized carbons (Fsp3) is 0.600. The lowest BCUT2D eigenvalue weighted by molar-refractivity contribution is 0.153. The molecule has 0 radical (unpaired) electrons. The summed E-state index contributed by atoms with van der Waals surface area (Å²) in [6, 6.07) is 8.63. The van der Waals surface area contributed by atoms with Crippen LogP contribution in [0.3, 0.4) is 0 Å². The SMILES string of the molecule is CC(C)Oc1ccc(CN2CCC[C@H]2CO)cc1. The average molecular weight is 249 g/mol. The molecule has 3 nitrogen and oxygen atoms in total. The second kappa shape index (κ2) is 6.21. The molecule has 3 heteroatoms. The maximum Gasteiger partial charge on any atom is 0.119 e. The van der Waals surface area contributed by atoms with Gasteiger partial charge in [0.05, 0.1) is 12.7 Å². The highest BCUT2D eigenvalue weighted by Gasteiger charge is 2.23. The van der Waals surface area contributed by atoms with Gasteiger partial charge in [-0.15, -0.1) is 0 Å². The fourth-order valence-electron chi connectivity index (χ4n) is 2.49. The third kappa shape index (κ3) is 3.47. The Bertz CT molecular complexity index is 361. The molecular formula is C15H23NO2. The van der Waals surface area contributed by atoms with Crippen LogP contribution in [0.4, 0.5) is 0 Å². The van der Waals surface area contributed by atoms with Gasteiger partial charge < -0.3 is 9.84 Å². The van der Waals surface area contributed by atoms with Crippen molar-refractivity contribution in [1.29, 1.82) is 0 Å². The van der Waals surface area contributed by atoms with E-state index in [4.69, 9.17) is 4.74 Å². The molecule has 0 aromatic heterocycles. The van der Waals surface area contributed by atoms with E-state index < -0.39 is 0 Å². The minimum Gasteiger partial charge on any atom is -0.491 e. The van der Waals surface area contributed by atoms with Gasteiger partial charge in [0.1, 0.15) is 5.75 Å². The van der Waals surface area contributed by atoms with Gasteiger partial charge in [0, 0.05) is 12.6 Å². The number of likely N-dealkylation sites (tertiary alicyclic amines) is 1. The highest BCUT2D eigenvalue weighted by atomic mass is 16.5. The zero-order valence-corrected chi connectivity index (χ0v) is 11.3. The van der Waals surface area contributed by atoms with Crippen LogP contribution in [-0.4, -0.2) is 35.3 Å². The number of aliphatic hydroxyl groups is 1. The smallest absolute Gasteiger partial charge is 0.119 e. The Morgan fingerprint density at radius 2 is 2.06 bits per heavy atom. The van der Waals surface area contributed by atoms with Gasteiger partial charge >= 0.3 is 0 Å². The van der Waals surface area contributed by atoms with Crippen molar-refractivity contribution in [3.05, 3.63) is 29.8 Å². The van der Waals surface area contributed by atoms with E-state index in [9.17, 15) is 5.11 Å². The van der Waals surface area contributed by atoms with E-state index in [0.717, 1.165) is 25.3 Å². The highest BCUT2D eigenvalue weighted by molar-refractivity contribution is 5.27. The number of rotatable bonds is 5. The molecule has 1 heterocycles. The predicted molar refractivity (Wildman–Crippen MR) is 72.7 cm³/mol. The molecule has 0 aliphatic carbocycles. The maximum atomic E-state index is 9.30. The Balaban J connectivity index is 1.93. The van der Waals surface area contributed by atoms with Crippen molar-refractivity contribution in [1.82, 2.24) is 4.90 Å². The molecule has 1 atom stereocenters. The topological polar surface area (TPSA) is 32.7 Å². The Morgan fingerprint density at radius 3 is 2.67 bits per heavy atom. The first-order valence-corrected chi connectivity index (χ1v) is 6.79. The maximum absolute atomic E-state index is 9.30. The minimum absolute atomic E-state index is 0.216. The Morgan fingerprint density at radius 1 is 1.33 bits per heavy atom. The van der Waals surface area contributed by atoms with E-state index >= 15 is 0 Å². The first-order chi connectivity index (χ1) is 8.69. The van der Waals surface area contributed by atoms with Gasteiger partial charge in [-0.05, 0) is 50.9 Å². The van der Waals surface area contributed by atoms with E-state index in [2.05, 4.69) is 17.0 Å². The Labute approximate surface area is 109 Å². The van der Waals surface area contributed by atoms with Gasteiger partial charge in [0.2, 0.25) is 0 Å². The molecule has 1 aromatic carbocycles. The average Bonchev–Trinajstić information content (AvgIpc) is 2.78. The zero-order chi connectivity index (χ0) is 13.0. The molecule has 1 aliphatic rings. The lowest BCUT2D eigenvalue weighted by atomic mass is 10.2. The summed E-state index contributed by atoms with van der Waals surface area (Å²) in [6.07, 6.45) is 2.53. The van der Waals surface area contributed by atoms with Gasteiger partial charge in [0.15, 0.2) is 0 Å². The quantitative estimate of drug-likeness (QED) is 0.870. The van der Waals surface area contributed by atoms with E-state index in [1.807, 2.05) is 26.0 Å². The molecule has 0 unspecified atom stereocenters. The van der Waals surface area contributed by atoms with Gasteiger partial charge in [-0.3, -0.25) is 4.90 Å². The fourth-order valence-corrected chi connectivity index (χ4v) is 2.49. The summed E-state index contributed by atoms with van der Waals surface area (Å²) in [4.78, 5) is 2.36. The van der Waals surface area contributed by atoms with E-state index in [0.29, 0.717) is 6.04 Å². The number of nitrogens with zero attached hydrogens (tertiary/aromatic N) is 1. The van der Waals surface area contributed by atoms with Crippen LogP contribution >= 0.6 is 0 Å². The van der Waals surface area contributed by atoms with E-state index in [1.54, 1.807) is 0 Å². The molecule has 0 amide bonds. The van der Waals surface area contributed by atoms with Gasteiger partial charge in [0.25, 0.3) is 0 Å². The number of ether oxygens (including phenoxy) is 1. The summed E-state index contributed by atoms with van der Waals surface area (Å²) < 4.78 is 5.63. The molecule has 1 aliphatic heterocycles. The number of hydrogen-bond donors (Lipinski definition) is 1. The normalized spacial score (nSPS) is 20.6. The van der Waals surface area contributed by atoms with Crippen molar-refractivity contribution in [2.45, 2.75) is 45.4 Å². The van der Waals surface area contributed by atoms with E-state index in [-0.39, 0.29) is 12.7 Å². The van der Waals surface area contributed by atoms with Crippen LogP contribution in [-0.2, 0) is 6.54 Å². The molecule has 1 aromatic rings. The molecular weight excluding hydrogens is 226 g/mol. The van der Waals surface area contributed by atoms with Crippen LogP contribution in [0.1, 0.15) is 32.3 Å². The predicted octanol–water partition coefficient (Wildman–Crippen LogP) is 2.43. The van der Waals surface area contributed by atoms with Gasteiger partial charge in [-0.25, -0.2) is 0 Å². The van der Waals surface area contributed by atoms with Crippen LogP contribution in [0.15, 0.2) is 24.3 Å². The monoisotopic (exact) mass is 249 g/mol. The molecule has 100 valence electrons. The molecule has 0 spiro atoms. The van der Waals surface area contributed by atoms with Crippen molar-refractivity contribution in [2.24, 2.45) is 0 Å². The summed E-state index contributed by atoms with van der Waals surface area (Å²) in [5.41, 5.74) is 1.28. The zero-order valence-electron chi connectivity index (χ0n) is 11.3. The molecule has 1 saturated heterocycles. The summed E-state index contributed by atoms with van der Waals surface area (Å²) >= 11 is 0. The van der Waals surface area contributed by atoms with Crippen molar-refractivity contribution in [2.75, 3.05) is 13.2 Å². The lowest BCUT2D eigenvalue weighted by Gasteiger charge is -2.22. The number of hydrogen-bond acceptors (Lipinski definition) is 3. The molecule has 1 N–H and O–H groups in total. The van der Waals surface area contributed by atoms with Crippen LogP contribution in [0.2, 0.25) is 0 Å². The summed E-state index contributed by atoms with van der Waals surface area (Å²) in [5, 5.41) is 9.30. The van der Waals surface area contributed by atoms with Crippen molar-refractivity contribution in [3.8, 4) is 5.75 Å². The second-order valence-electron chi connectivity index (χ2n) is 5.26. The van der Waals surface area contributed by atoms with Gasteiger partial charge in [-0.2, -0.15) is 0 Å². The molecule has 1 fully saturated rings. The number of benzene rings is 1.